The van der Waals surface area contributed by atoms with E-state index in [4.69, 9.17) is 11.6 Å². The molecule has 0 bridgehead atoms. The monoisotopic (exact) mass is 424 g/mol. The number of halogens is 1. The Kier molecular flexibility index (Phi) is 5.63. The Labute approximate surface area is 180 Å². The summed E-state index contributed by atoms with van der Waals surface area (Å²) in [5.74, 6) is 0.663. The van der Waals surface area contributed by atoms with E-state index in [1.54, 1.807) is 0 Å². The normalized spacial score (nSPS) is 18.7. The van der Waals surface area contributed by atoms with Crippen LogP contribution in [0.4, 0.5) is 0 Å². The maximum absolute atomic E-state index is 10.5. The Morgan fingerprint density at radius 1 is 1.10 bits per heavy atom. The van der Waals surface area contributed by atoms with Crippen LogP contribution in [0.1, 0.15) is 38.7 Å². The summed E-state index contributed by atoms with van der Waals surface area (Å²) in [6, 6.07) is 16.3. The van der Waals surface area contributed by atoms with Gasteiger partial charge in [-0.1, -0.05) is 73.5 Å². The van der Waals surface area contributed by atoms with Crippen LogP contribution in [0.25, 0.3) is 22.5 Å². The Morgan fingerprint density at radius 3 is 2.50 bits per heavy atom. The van der Waals surface area contributed by atoms with Gasteiger partial charge < -0.3 is 15.3 Å². The van der Waals surface area contributed by atoms with Gasteiger partial charge in [-0.05, 0) is 41.7 Å². The lowest BCUT2D eigenvalue weighted by atomic mass is 9.98. The first-order valence-corrected chi connectivity index (χ1v) is 10.5. The third kappa shape index (κ3) is 3.85. The maximum atomic E-state index is 10.5. The SMILES string of the molecule is CCCCC1(C)NC(Cl)=C(O)N1Cc1ccc(-c2ccccc2-c2nn[nH]n2)cc1. The minimum atomic E-state index is -0.402. The molecule has 1 atom stereocenters. The number of nitrogens with zero attached hydrogens (tertiary/aromatic N) is 4. The van der Waals surface area contributed by atoms with Crippen molar-refractivity contribution in [3.05, 3.63) is 65.1 Å². The number of unbranched alkanes of at least 4 members (excludes halogenated alkanes) is 1. The fourth-order valence-electron chi connectivity index (χ4n) is 3.86. The molecular formula is C22H25ClN6O. The van der Waals surface area contributed by atoms with Gasteiger partial charge in [-0.2, -0.15) is 5.21 Å². The van der Waals surface area contributed by atoms with Crippen LogP contribution in [0.15, 0.2) is 59.6 Å². The highest BCUT2D eigenvalue weighted by molar-refractivity contribution is 6.29. The Balaban J connectivity index is 1.58. The summed E-state index contributed by atoms with van der Waals surface area (Å²) < 4.78 is 0. The third-order valence-corrected chi connectivity index (χ3v) is 5.83. The smallest absolute Gasteiger partial charge is 0.225 e. The van der Waals surface area contributed by atoms with Crippen molar-refractivity contribution in [3.63, 3.8) is 0 Å². The summed E-state index contributed by atoms with van der Waals surface area (Å²) in [5, 5.41) is 28.5. The number of aliphatic hydroxyl groups is 1. The molecule has 2 heterocycles. The summed E-state index contributed by atoms with van der Waals surface area (Å²) in [7, 11) is 0. The summed E-state index contributed by atoms with van der Waals surface area (Å²) in [5.41, 5.74) is 3.69. The molecule has 2 aromatic carbocycles. The number of rotatable bonds is 7. The standard InChI is InChI=1S/C22H25ClN6O/c1-3-4-13-22(2)24-19(23)21(30)29(22)14-15-9-11-16(12-10-15)17-7-5-6-8-18(17)20-25-27-28-26-20/h5-12,24,30H,3-4,13-14H2,1-2H3,(H,25,26,27,28). The molecule has 0 fully saturated rings. The lowest BCUT2D eigenvalue weighted by molar-refractivity contribution is 0.0773. The van der Waals surface area contributed by atoms with E-state index in [2.05, 4.69) is 64.1 Å². The van der Waals surface area contributed by atoms with Crippen molar-refractivity contribution in [1.29, 1.82) is 0 Å². The van der Waals surface area contributed by atoms with Gasteiger partial charge >= 0.3 is 0 Å². The average molecular weight is 425 g/mol. The van der Waals surface area contributed by atoms with E-state index in [0.717, 1.165) is 41.5 Å². The highest BCUT2D eigenvalue weighted by Crippen LogP contribution is 2.35. The van der Waals surface area contributed by atoms with Crippen molar-refractivity contribution < 1.29 is 5.11 Å². The number of nitrogens with one attached hydrogen (secondary N) is 2. The van der Waals surface area contributed by atoms with E-state index in [1.165, 1.54) is 0 Å². The van der Waals surface area contributed by atoms with Gasteiger partial charge in [0.05, 0.1) is 0 Å². The molecule has 30 heavy (non-hydrogen) atoms. The van der Waals surface area contributed by atoms with Crippen LogP contribution in [-0.4, -0.2) is 36.3 Å². The summed E-state index contributed by atoms with van der Waals surface area (Å²) in [4.78, 5) is 1.94. The van der Waals surface area contributed by atoms with Gasteiger partial charge in [0.15, 0.2) is 5.16 Å². The van der Waals surface area contributed by atoms with Gasteiger partial charge in [0.2, 0.25) is 11.7 Å². The van der Waals surface area contributed by atoms with Crippen molar-refractivity contribution in [2.24, 2.45) is 0 Å². The molecule has 0 radical (unpaired) electrons. The number of aromatic amines is 1. The lowest BCUT2D eigenvalue weighted by Gasteiger charge is -2.37. The molecule has 1 aromatic heterocycles. The maximum Gasteiger partial charge on any atom is 0.225 e. The number of benzene rings is 2. The van der Waals surface area contributed by atoms with Crippen LogP contribution in [0, 0.1) is 0 Å². The van der Waals surface area contributed by atoms with Crippen LogP contribution < -0.4 is 5.32 Å². The molecule has 1 unspecified atom stereocenters. The van der Waals surface area contributed by atoms with E-state index < -0.39 is 5.66 Å². The molecule has 8 heteroatoms. The van der Waals surface area contributed by atoms with E-state index in [0.29, 0.717) is 17.5 Å². The third-order valence-electron chi connectivity index (χ3n) is 5.56. The van der Waals surface area contributed by atoms with Crippen molar-refractivity contribution in [2.45, 2.75) is 45.3 Å². The Bertz CT molecular complexity index is 1030. The quantitative estimate of drug-likeness (QED) is 0.473. The van der Waals surface area contributed by atoms with Crippen LogP contribution in [0.2, 0.25) is 0 Å². The van der Waals surface area contributed by atoms with Gasteiger partial charge in [-0.25, -0.2) is 0 Å². The molecule has 0 saturated carbocycles. The molecule has 3 N–H and O–H groups in total. The Hall–Kier alpha value is -3.06. The highest BCUT2D eigenvalue weighted by Gasteiger charge is 2.40. The zero-order chi connectivity index (χ0) is 21.1. The van der Waals surface area contributed by atoms with Crippen molar-refractivity contribution in [2.75, 3.05) is 0 Å². The molecule has 7 nitrogen and oxygen atoms in total. The number of hydrogen-bond donors (Lipinski definition) is 3. The topological polar surface area (TPSA) is 90.0 Å². The number of aromatic nitrogens is 4. The predicted octanol–water partition coefficient (Wildman–Crippen LogP) is 4.77. The van der Waals surface area contributed by atoms with Crippen LogP contribution >= 0.6 is 11.6 Å². The van der Waals surface area contributed by atoms with E-state index >= 15 is 0 Å². The van der Waals surface area contributed by atoms with Gasteiger partial charge in [-0.3, -0.25) is 0 Å². The van der Waals surface area contributed by atoms with Gasteiger partial charge in [0, 0.05) is 12.1 Å². The average Bonchev–Trinajstić information content (AvgIpc) is 3.37. The second kappa shape index (κ2) is 8.36. The first kappa shape index (κ1) is 20.2. The zero-order valence-corrected chi connectivity index (χ0v) is 17.8. The summed E-state index contributed by atoms with van der Waals surface area (Å²) >= 11 is 6.22. The number of aliphatic hydroxyl groups excluding tert-OH is 1. The minimum absolute atomic E-state index is 0.0989. The molecule has 4 rings (SSSR count). The largest absolute Gasteiger partial charge is 0.493 e. The molecule has 156 valence electrons. The van der Waals surface area contributed by atoms with Crippen molar-refractivity contribution >= 4 is 11.6 Å². The van der Waals surface area contributed by atoms with Crippen molar-refractivity contribution in [1.82, 2.24) is 30.8 Å². The Morgan fingerprint density at radius 2 is 1.83 bits per heavy atom. The molecule has 0 amide bonds. The second-order valence-electron chi connectivity index (χ2n) is 7.70. The molecule has 0 aliphatic carbocycles. The van der Waals surface area contributed by atoms with Crippen LogP contribution in [-0.2, 0) is 6.54 Å². The first-order valence-electron chi connectivity index (χ1n) is 10.1. The van der Waals surface area contributed by atoms with Gasteiger partial charge in [0.1, 0.15) is 5.66 Å². The molecule has 0 saturated heterocycles. The zero-order valence-electron chi connectivity index (χ0n) is 17.1. The van der Waals surface area contributed by atoms with Crippen LogP contribution in [0.3, 0.4) is 0 Å². The first-order chi connectivity index (χ1) is 14.5. The molecule has 1 aliphatic heterocycles. The van der Waals surface area contributed by atoms with Crippen molar-refractivity contribution in [3.8, 4) is 22.5 Å². The minimum Gasteiger partial charge on any atom is -0.493 e. The van der Waals surface area contributed by atoms with Gasteiger partial charge in [-0.15, -0.1) is 10.2 Å². The molecule has 0 spiro atoms. The molecule has 1 aliphatic rings. The predicted molar refractivity (Wildman–Crippen MR) is 117 cm³/mol. The molecule has 3 aromatic rings. The van der Waals surface area contributed by atoms with E-state index in [9.17, 15) is 5.11 Å². The summed E-state index contributed by atoms with van der Waals surface area (Å²) in [6.45, 7) is 4.79. The fraction of sp³-hybridized carbons (Fsp3) is 0.318. The summed E-state index contributed by atoms with van der Waals surface area (Å²) in [6.07, 6.45) is 3.02. The van der Waals surface area contributed by atoms with E-state index in [-0.39, 0.29) is 5.88 Å². The van der Waals surface area contributed by atoms with E-state index in [1.807, 2.05) is 29.2 Å². The number of hydrogen-bond acceptors (Lipinski definition) is 6. The molecular weight excluding hydrogens is 400 g/mol. The van der Waals surface area contributed by atoms with Gasteiger partial charge in [0.25, 0.3) is 0 Å². The number of H-pyrrole nitrogens is 1. The fourth-order valence-corrected chi connectivity index (χ4v) is 4.16. The second-order valence-corrected chi connectivity index (χ2v) is 8.08. The number of tetrazole rings is 1. The lowest BCUT2D eigenvalue weighted by Crippen LogP contribution is -2.49. The highest BCUT2D eigenvalue weighted by atomic mass is 35.5. The van der Waals surface area contributed by atoms with Crippen LogP contribution in [0.5, 0.6) is 0 Å².